The molecule has 0 radical (unpaired) electrons. The smallest absolute Gasteiger partial charge is 0.191 e. The molecule has 156 valence electrons. The highest BCUT2D eigenvalue weighted by molar-refractivity contribution is 14.0. The number of hydrogen-bond acceptors (Lipinski definition) is 5. The van der Waals surface area contributed by atoms with Gasteiger partial charge in [-0.3, -0.25) is 4.90 Å². The van der Waals surface area contributed by atoms with Crippen LogP contribution in [0.25, 0.3) is 0 Å². The maximum atomic E-state index is 5.43. The number of rotatable bonds is 12. The van der Waals surface area contributed by atoms with E-state index in [0.29, 0.717) is 6.54 Å². The third kappa shape index (κ3) is 7.95. The third-order valence-corrected chi connectivity index (χ3v) is 4.68. The number of aryl methyl sites for hydroxylation is 2. The molecule has 0 amide bonds. The lowest BCUT2D eigenvalue weighted by Gasteiger charge is -2.22. The van der Waals surface area contributed by atoms with Crippen molar-refractivity contribution < 1.29 is 9.26 Å². The first-order valence-electron chi connectivity index (χ1n) is 9.94. The number of guanidine groups is 1. The molecule has 1 aliphatic rings. The second-order valence-corrected chi connectivity index (χ2v) is 6.62. The maximum Gasteiger partial charge on any atom is 0.191 e. The molecule has 0 unspecified atom stereocenters. The second kappa shape index (κ2) is 13.3. The minimum atomic E-state index is 0. The molecule has 1 aromatic heterocycles. The van der Waals surface area contributed by atoms with E-state index >= 15 is 0 Å². The number of nitrogens with zero attached hydrogens (tertiary/aromatic N) is 3. The fourth-order valence-electron chi connectivity index (χ4n) is 3.06. The van der Waals surface area contributed by atoms with Crippen molar-refractivity contribution in [3.05, 3.63) is 17.0 Å². The quantitative estimate of drug-likeness (QED) is 0.265. The van der Waals surface area contributed by atoms with Gasteiger partial charge in [0, 0.05) is 51.3 Å². The standard InChI is InChI=1S/C19H35N5O2.HI/c1-5-17-16(18(6-2)26-23-17)14-22-19(20-7-3)21-10-11-24(12-13-25-4)15-8-9-15;/h15H,5-14H2,1-4H3,(H2,20,21,22);1H. The minimum Gasteiger partial charge on any atom is -0.383 e. The molecule has 0 aliphatic heterocycles. The Balaban J connectivity index is 0.00000364. The van der Waals surface area contributed by atoms with Gasteiger partial charge in [0.15, 0.2) is 5.96 Å². The second-order valence-electron chi connectivity index (χ2n) is 6.62. The molecule has 1 saturated carbocycles. The molecule has 8 heteroatoms. The molecule has 7 nitrogen and oxygen atoms in total. The third-order valence-electron chi connectivity index (χ3n) is 4.68. The SMILES string of the molecule is CCNC(=NCc1c(CC)noc1CC)NCCN(CCOC)C1CC1.I. The largest absolute Gasteiger partial charge is 0.383 e. The first-order chi connectivity index (χ1) is 12.7. The summed E-state index contributed by atoms with van der Waals surface area (Å²) in [6.07, 6.45) is 4.34. The molecular formula is C19H36IN5O2. The van der Waals surface area contributed by atoms with Crippen molar-refractivity contribution in [2.75, 3.05) is 39.9 Å². The summed E-state index contributed by atoms with van der Waals surface area (Å²) >= 11 is 0. The number of aromatic nitrogens is 1. The highest BCUT2D eigenvalue weighted by Crippen LogP contribution is 2.26. The first-order valence-corrected chi connectivity index (χ1v) is 9.94. The number of halogens is 1. The zero-order valence-electron chi connectivity index (χ0n) is 17.2. The van der Waals surface area contributed by atoms with Crippen molar-refractivity contribution >= 4 is 29.9 Å². The van der Waals surface area contributed by atoms with Crippen molar-refractivity contribution in [2.45, 2.75) is 59.0 Å². The molecule has 1 fully saturated rings. The number of nitrogens with one attached hydrogen (secondary N) is 2. The average molecular weight is 493 g/mol. The Morgan fingerprint density at radius 3 is 2.59 bits per heavy atom. The Kier molecular flexibility index (Phi) is 11.9. The van der Waals surface area contributed by atoms with Gasteiger partial charge < -0.3 is 19.9 Å². The zero-order chi connectivity index (χ0) is 18.8. The molecule has 2 N–H and O–H groups in total. The Labute approximate surface area is 180 Å². The molecule has 0 bridgehead atoms. The van der Waals surface area contributed by atoms with Gasteiger partial charge in [-0.1, -0.05) is 19.0 Å². The minimum absolute atomic E-state index is 0. The summed E-state index contributed by atoms with van der Waals surface area (Å²) in [5.41, 5.74) is 2.15. The predicted octanol–water partition coefficient (Wildman–Crippen LogP) is 2.58. The maximum absolute atomic E-state index is 5.43. The molecule has 0 spiro atoms. The van der Waals surface area contributed by atoms with Crippen LogP contribution >= 0.6 is 24.0 Å². The van der Waals surface area contributed by atoms with Gasteiger partial charge >= 0.3 is 0 Å². The topological polar surface area (TPSA) is 74.9 Å². The van der Waals surface area contributed by atoms with E-state index in [-0.39, 0.29) is 24.0 Å². The van der Waals surface area contributed by atoms with Crippen LogP contribution in [0.2, 0.25) is 0 Å². The lowest BCUT2D eigenvalue weighted by atomic mass is 10.1. The van der Waals surface area contributed by atoms with Crippen LogP contribution in [0.4, 0.5) is 0 Å². The van der Waals surface area contributed by atoms with E-state index < -0.39 is 0 Å². The highest BCUT2D eigenvalue weighted by Gasteiger charge is 2.28. The first kappa shape index (κ1) is 24.2. The van der Waals surface area contributed by atoms with Crippen molar-refractivity contribution in [1.29, 1.82) is 0 Å². The van der Waals surface area contributed by atoms with Gasteiger partial charge in [-0.05, 0) is 26.2 Å². The van der Waals surface area contributed by atoms with E-state index in [4.69, 9.17) is 14.3 Å². The number of methoxy groups -OCH3 is 1. The fourth-order valence-corrected chi connectivity index (χ4v) is 3.06. The lowest BCUT2D eigenvalue weighted by molar-refractivity contribution is 0.144. The lowest BCUT2D eigenvalue weighted by Crippen LogP contribution is -2.42. The van der Waals surface area contributed by atoms with Crippen LogP contribution in [0, 0.1) is 0 Å². The van der Waals surface area contributed by atoms with E-state index in [0.717, 1.165) is 74.6 Å². The normalized spacial score (nSPS) is 14.3. The molecule has 0 saturated heterocycles. The van der Waals surface area contributed by atoms with Crippen molar-refractivity contribution in [3.8, 4) is 0 Å². The van der Waals surface area contributed by atoms with Crippen LogP contribution in [0.1, 0.15) is 50.6 Å². The van der Waals surface area contributed by atoms with Crippen molar-refractivity contribution in [2.24, 2.45) is 4.99 Å². The average Bonchev–Trinajstić information content (AvgIpc) is 3.42. The van der Waals surface area contributed by atoms with E-state index in [1.54, 1.807) is 7.11 Å². The van der Waals surface area contributed by atoms with E-state index in [1.807, 2.05) is 0 Å². The Bertz CT molecular complexity index is 539. The monoisotopic (exact) mass is 493 g/mol. The van der Waals surface area contributed by atoms with E-state index in [2.05, 4.69) is 41.5 Å². The molecule has 1 aliphatic carbocycles. The highest BCUT2D eigenvalue weighted by atomic mass is 127. The van der Waals surface area contributed by atoms with Crippen LogP contribution < -0.4 is 10.6 Å². The van der Waals surface area contributed by atoms with Crippen LogP contribution in [-0.2, 0) is 24.1 Å². The number of hydrogen-bond donors (Lipinski definition) is 2. The van der Waals surface area contributed by atoms with Crippen LogP contribution in [-0.4, -0.2) is 62.0 Å². The predicted molar refractivity (Wildman–Crippen MR) is 120 cm³/mol. The van der Waals surface area contributed by atoms with Crippen LogP contribution in [0.15, 0.2) is 9.52 Å². The summed E-state index contributed by atoms with van der Waals surface area (Å²) < 4.78 is 10.7. The summed E-state index contributed by atoms with van der Waals surface area (Å²) in [7, 11) is 1.76. The summed E-state index contributed by atoms with van der Waals surface area (Å²) in [6.45, 7) is 11.4. The molecule has 27 heavy (non-hydrogen) atoms. The Morgan fingerprint density at radius 2 is 2.00 bits per heavy atom. The zero-order valence-corrected chi connectivity index (χ0v) is 19.5. The Morgan fingerprint density at radius 1 is 1.22 bits per heavy atom. The summed E-state index contributed by atoms with van der Waals surface area (Å²) in [6, 6.07) is 0.739. The van der Waals surface area contributed by atoms with Gasteiger partial charge in [0.05, 0.1) is 18.8 Å². The van der Waals surface area contributed by atoms with Crippen molar-refractivity contribution in [3.63, 3.8) is 0 Å². The fraction of sp³-hybridized carbons (Fsp3) is 0.789. The van der Waals surface area contributed by atoms with Crippen LogP contribution in [0.5, 0.6) is 0 Å². The van der Waals surface area contributed by atoms with Gasteiger partial charge in [-0.2, -0.15) is 0 Å². The van der Waals surface area contributed by atoms with Gasteiger partial charge in [-0.25, -0.2) is 4.99 Å². The van der Waals surface area contributed by atoms with Crippen LogP contribution in [0.3, 0.4) is 0 Å². The molecule has 2 rings (SSSR count). The van der Waals surface area contributed by atoms with Gasteiger partial charge in [0.2, 0.25) is 0 Å². The summed E-state index contributed by atoms with van der Waals surface area (Å²) in [5, 5.41) is 10.9. The molecule has 1 heterocycles. The van der Waals surface area contributed by atoms with E-state index in [9.17, 15) is 0 Å². The summed E-state index contributed by atoms with van der Waals surface area (Å²) in [4.78, 5) is 7.25. The summed E-state index contributed by atoms with van der Waals surface area (Å²) in [5.74, 6) is 1.79. The molecular weight excluding hydrogens is 457 g/mol. The number of aliphatic imine (C=N–C) groups is 1. The molecule has 1 aromatic rings. The van der Waals surface area contributed by atoms with Gasteiger partial charge in [-0.15, -0.1) is 24.0 Å². The van der Waals surface area contributed by atoms with Gasteiger partial charge in [0.25, 0.3) is 0 Å². The Hall–Kier alpha value is -0.870. The molecule has 0 aromatic carbocycles. The van der Waals surface area contributed by atoms with E-state index in [1.165, 1.54) is 12.8 Å². The number of ether oxygens (including phenoxy) is 1. The van der Waals surface area contributed by atoms with Crippen molar-refractivity contribution in [1.82, 2.24) is 20.7 Å². The van der Waals surface area contributed by atoms with Gasteiger partial charge in [0.1, 0.15) is 5.76 Å². The molecule has 0 atom stereocenters.